The molecular formula is C16H13N3O2. The van der Waals surface area contributed by atoms with Crippen LogP contribution in [0.1, 0.15) is 40.4 Å². The average molecular weight is 279 g/mol. The Labute approximate surface area is 121 Å². The summed E-state index contributed by atoms with van der Waals surface area (Å²) in [4.78, 5) is 12.8. The van der Waals surface area contributed by atoms with E-state index >= 15 is 0 Å². The molecule has 0 amide bonds. The Balaban J connectivity index is 1.80. The highest BCUT2D eigenvalue weighted by Crippen LogP contribution is 2.42. The van der Waals surface area contributed by atoms with E-state index in [1.807, 2.05) is 36.5 Å². The Kier molecular flexibility index (Phi) is 2.70. The minimum atomic E-state index is -0.0655. The van der Waals surface area contributed by atoms with Crippen LogP contribution in [0.4, 0.5) is 0 Å². The molecule has 1 aliphatic rings. The van der Waals surface area contributed by atoms with Gasteiger partial charge in [0.15, 0.2) is 11.5 Å². The van der Waals surface area contributed by atoms with Crippen LogP contribution in [-0.4, -0.2) is 20.7 Å². The van der Waals surface area contributed by atoms with Crippen molar-refractivity contribution in [3.63, 3.8) is 0 Å². The smallest absolute Gasteiger partial charge is 0.200 e. The maximum atomic E-state index is 12.8. The fourth-order valence-corrected chi connectivity index (χ4v) is 2.48. The maximum absolute atomic E-state index is 12.8. The number of aromatic nitrogens is 3. The summed E-state index contributed by atoms with van der Waals surface area (Å²) in [6.45, 7) is 0. The summed E-state index contributed by atoms with van der Waals surface area (Å²) in [6, 6.07) is 9.26. The molecule has 1 fully saturated rings. The molecule has 0 aliphatic heterocycles. The second-order valence-corrected chi connectivity index (χ2v) is 5.17. The Morgan fingerprint density at radius 1 is 1.19 bits per heavy atom. The first-order valence-corrected chi connectivity index (χ1v) is 6.93. The van der Waals surface area contributed by atoms with E-state index < -0.39 is 0 Å². The zero-order valence-corrected chi connectivity index (χ0v) is 11.3. The second-order valence-electron chi connectivity index (χ2n) is 5.17. The van der Waals surface area contributed by atoms with E-state index in [4.69, 9.17) is 4.52 Å². The summed E-state index contributed by atoms with van der Waals surface area (Å²) in [6.07, 6.45) is 7.17. The maximum Gasteiger partial charge on any atom is 0.200 e. The van der Waals surface area contributed by atoms with Crippen molar-refractivity contribution in [2.75, 3.05) is 0 Å². The van der Waals surface area contributed by atoms with Crippen LogP contribution in [0.2, 0.25) is 0 Å². The van der Waals surface area contributed by atoms with Gasteiger partial charge in [-0.15, -0.1) is 0 Å². The Bertz CT molecular complexity index is 785. The van der Waals surface area contributed by atoms with Crippen molar-refractivity contribution in [1.82, 2.24) is 14.9 Å². The number of ketones is 1. The summed E-state index contributed by atoms with van der Waals surface area (Å²) in [5.41, 5.74) is 1.93. The van der Waals surface area contributed by atoms with Crippen molar-refractivity contribution in [2.45, 2.75) is 18.8 Å². The number of carbonyl (C=O) groups is 1. The third kappa shape index (κ3) is 2.07. The van der Waals surface area contributed by atoms with E-state index in [1.54, 1.807) is 10.9 Å². The van der Waals surface area contributed by atoms with Gasteiger partial charge in [-0.2, -0.15) is 5.10 Å². The molecule has 0 N–H and O–H groups in total. The number of hydrogen-bond acceptors (Lipinski definition) is 4. The van der Waals surface area contributed by atoms with Gasteiger partial charge in [0.05, 0.1) is 17.4 Å². The first-order chi connectivity index (χ1) is 10.3. The van der Waals surface area contributed by atoms with Gasteiger partial charge in [-0.3, -0.25) is 4.79 Å². The van der Waals surface area contributed by atoms with Crippen LogP contribution in [0.3, 0.4) is 0 Å². The summed E-state index contributed by atoms with van der Waals surface area (Å²) < 4.78 is 6.96. The Morgan fingerprint density at radius 3 is 2.81 bits per heavy atom. The molecule has 0 unspecified atom stereocenters. The van der Waals surface area contributed by atoms with Gasteiger partial charge < -0.3 is 4.52 Å². The fourth-order valence-electron chi connectivity index (χ4n) is 2.48. The van der Waals surface area contributed by atoms with E-state index in [2.05, 4.69) is 10.3 Å². The Morgan fingerprint density at radius 2 is 2.05 bits per heavy atom. The molecule has 1 aliphatic carbocycles. The van der Waals surface area contributed by atoms with Crippen LogP contribution in [0.25, 0.3) is 5.69 Å². The number of hydrogen-bond donors (Lipinski definition) is 0. The minimum absolute atomic E-state index is 0.0655. The number of rotatable bonds is 4. The topological polar surface area (TPSA) is 60.9 Å². The number of para-hydroxylation sites is 1. The van der Waals surface area contributed by atoms with Crippen molar-refractivity contribution in [3.05, 3.63) is 65.8 Å². The summed E-state index contributed by atoms with van der Waals surface area (Å²) in [5.74, 6) is 1.00. The predicted molar refractivity (Wildman–Crippen MR) is 75.5 cm³/mol. The Hall–Kier alpha value is -2.69. The molecule has 5 heteroatoms. The normalized spacial score (nSPS) is 14.3. The molecule has 0 radical (unpaired) electrons. The third-order valence-electron chi connectivity index (χ3n) is 3.69. The number of benzene rings is 1. The van der Waals surface area contributed by atoms with Crippen molar-refractivity contribution in [1.29, 1.82) is 0 Å². The van der Waals surface area contributed by atoms with Crippen LogP contribution in [0.15, 0.2) is 53.4 Å². The summed E-state index contributed by atoms with van der Waals surface area (Å²) in [5, 5.41) is 8.01. The van der Waals surface area contributed by atoms with Gasteiger partial charge in [0.25, 0.3) is 0 Å². The van der Waals surface area contributed by atoms with Crippen molar-refractivity contribution in [3.8, 4) is 5.69 Å². The SMILES string of the molecule is O=C(c1ccccc1-n1cccn1)c1cnoc1C1CC1. The lowest BCUT2D eigenvalue weighted by molar-refractivity contribution is 0.103. The van der Waals surface area contributed by atoms with Crippen molar-refractivity contribution in [2.24, 2.45) is 0 Å². The molecule has 1 saturated carbocycles. The quantitative estimate of drug-likeness (QED) is 0.689. The van der Waals surface area contributed by atoms with E-state index in [0.29, 0.717) is 17.0 Å². The second kappa shape index (κ2) is 4.70. The van der Waals surface area contributed by atoms with Crippen LogP contribution >= 0.6 is 0 Å². The largest absolute Gasteiger partial charge is 0.360 e. The molecule has 1 aromatic carbocycles. The van der Waals surface area contributed by atoms with Gasteiger partial charge in [-0.1, -0.05) is 17.3 Å². The predicted octanol–water partition coefficient (Wildman–Crippen LogP) is 2.97. The molecule has 0 atom stereocenters. The van der Waals surface area contributed by atoms with Crippen LogP contribution in [-0.2, 0) is 0 Å². The molecule has 0 bridgehead atoms. The van der Waals surface area contributed by atoms with E-state index in [9.17, 15) is 4.79 Å². The van der Waals surface area contributed by atoms with Gasteiger partial charge >= 0.3 is 0 Å². The lowest BCUT2D eigenvalue weighted by Crippen LogP contribution is -2.08. The molecule has 3 aromatic rings. The zero-order valence-electron chi connectivity index (χ0n) is 11.3. The molecule has 2 heterocycles. The third-order valence-corrected chi connectivity index (χ3v) is 3.69. The molecule has 0 saturated heterocycles. The van der Waals surface area contributed by atoms with Gasteiger partial charge in [-0.25, -0.2) is 4.68 Å². The van der Waals surface area contributed by atoms with Crippen LogP contribution < -0.4 is 0 Å². The average Bonchev–Trinajstić information content (AvgIpc) is 3.05. The standard InChI is InChI=1S/C16H13N3O2/c20-15(13-10-18-21-16(13)11-6-7-11)12-4-1-2-5-14(12)19-9-3-8-17-19/h1-5,8-11H,6-7H2. The minimum Gasteiger partial charge on any atom is -0.360 e. The lowest BCUT2D eigenvalue weighted by Gasteiger charge is -2.08. The monoisotopic (exact) mass is 279 g/mol. The summed E-state index contributed by atoms with van der Waals surface area (Å²) >= 11 is 0. The number of carbonyl (C=O) groups excluding carboxylic acids is 1. The van der Waals surface area contributed by atoms with Gasteiger partial charge in [0, 0.05) is 23.9 Å². The van der Waals surface area contributed by atoms with Crippen molar-refractivity contribution < 1.29 is 9.32 Å². The molecule has 4 rings (SSSR count). The molecular weight excluding hydrogens is 266 g/mol. The van der Waals surface area contributed by atoms with E-state index in [0.717, 1.165) is 24.3 Å². The first-order valence-electron chi connectivity index (χ1n) is 6.93. The van der Waals surface area contributed by atoms with E-state index in [-0.39, 0.29) is 5.78 Å². The lowest BCUT2D eigenvalue weighted by atomic mass is 10.0. The van der Waals surface area contributed by atoms with Gasteiger partial charge in [0.2, 0.25) is 0 Å². The molecule has 104 valence electrons. The molecule has 21 heavy (non-hydrogen) atoms. The van der Waals surface area contributed by atoms with Crippen molar-refractivity contribution >= 4 is 5.78 Å². The fraction of sp³-hybridized carbons (Fsp3) is 0.188. The van der Waals surface area contributed by atoms with Gasteiger partial charge in [-0.05, 0) is 31.0 Å². The highest BCUT2D eigenvalue weighted by molar-refractivity contribution is 6.11. The van der Waals surface area contributed by atoms with Crippen LogP contribution in [0.5, 0.6) is 0 Å². The molecule has 0 spiro atoms. The highest BCUT2D eigenvalue weighted by atomic mass is 16.5. The van der Waals surface area contributed by atoms with Gasteiger partial charge in [0.1, 0.15) is 0 Å². The summed E-state index contributed by atoms with van der Waals surface area (Å²) in [7, 11) is 0. The number of nitrogens with zero attached hydrogens (tertiary/aromatic N) is 3. The first kappa shape index (κ1) is 12.1. The van der Waals surface area contributed by atoms with E-state index in [1.165, 1.54) is 6.20 Å². The molecule has 2 aromatic heterocycles. The molecule has 5 nitrogen and oxygen atoms in total. The zero-order chi connectivity index (χ0) is 14.2. The highest BCUT2D eigenvalue weighted by Gasteiger charge is 2.33. The van der Waals surface area contributed by atoms with Crippen LogP contribution in [0, 0.1) is 0 Å².